The highest BCUT2D eigenvalue weighted by atomic mass is 32.2. The van der Waals surface area contributed by atoms with Crippen molar-refractivity contribution in [2.24, 2.45) is 10.9 Å². The molecule has 1 aliphatic rings. The number of hydrogen-bond acceptors (Lipinski definition) is 4. The van der Waals surface area contributed by atoms with E-state index in [0.717, 1.165) is 58.4 Å². The van der Waals surface area contributed by atoms with Crippen LogP contribution in [0.4, 0.5) is 0 Å². The number of guanidine groups is 1. The van der Waals surface area contributed by atoms with Crippen LogP contribution in [0, 0.1) is 5.92 Å². The lowest BCUT2D eigenvalue weighted by molar-refractivity contribution is 0.0323. The number of thioether (sulfide) groups is 1. The Morgan fingerprint density at radius 1 is 1.27 bits per heavy atom. The minimum atomic E-state index is 0.574. The van der Waals surface area contributed by atoms with Crippen molar-refractivity contribution in [1.29, 1.82) is 0 Å². The van der Waals surface area contributed by atoms with Crippen molar-refractivity contribution < 1.29 is 4.74 Å². The zero-order valence-electron chi connectivity index (χ0n) is 14.6. The first-order chi connectivity index (χ1) is 10.8. The Bertz CT molecular complexity index is 296. The van der Waals surface area contributed by atoms with Gasteiger partial charge in [0.25, 0.3) is 0 Å². The summed E-state index contributed by atoms with van der Waals surface area (Å²) >= 11 is 1.91. The molecule has 22 heavy (non-hydrogen) atoms. The molecule has 0 aromatic rings. The predicted octanol–water partition coefficient (Wildman–Crippen LogP) is 1.65. The van der Waals surface area contributed by atoms with Gasteiger partial charge in [-0.1, -0.05) is 6.92 Å². The minimum absolute atomic E-state index is 0.574. The lowest BCUT2D eigenvalue weighted by atomic mass is 10.1. The third-order valence-corrected chi connectivity index (χ3v) is 4.34. The highest BCUT2D eigenvalue weighted by molar-refractivity contribution is 7.98. The molecule has 0 saturated carbocycles. The molecule has 1 atom stereocenters. The van der Waals surface area contributed by atoms with Crippen LogP contribution in [0.25, 0.3) is 0 Å². The Morgan fingerprint density at radius 3 is 2.73 bits per heavy atom. The van der Waals surface area contributed by atoms with Crippen LogP contribution in [-0.4, -0.2) is 75.4 Å². The van der Waals surface area contributed by atoms with Gasteiger partial charge in [0.2, 0.25) is 0 Å². The molecule has 0 radical (unpaired) electrons. The smallest absolute Gasteiger partial charge is 0.191 e. The van der Waals surface area contributed by atoms with Gasteiger partial charge in [-0.15, -0.1) is 0 Å². The van der Waals surface area contributed by atoms with Crippen LogP contribution >= 0.6 is 11.8 Å². The molecule has 130 valence electrons. The monoisotopic (exact) mass is 330 g/mol. The van der Waals surface area contributed by atoms with Crippen LogP contribution in [-0.2, 0) is 4.74 Å². The molecule has 1 rings (SSSR count). The summed E-state index contributed by atoms with van der Waals surface area (Å²) in [6.07, 6.45) is 4.63. The number of ether oxygens (including phenoxy) is 1. The van der Waals surface area contributed by atoms with Crippen molar-refractivity contribution in [1.82, 2.24) is 15.5 Å². The molecule has 1 unspecified atom stereocenters. The second-order valence-electron chi connectivity index (χ2n) is 5.86. The maximum absolute atomic E-state index is 5.39. The van der Waals surface area contributed by atoms with Crippen molar-refractivity contribution in [2.45, 2.75) is 26.7 Å². The second-order valence-corrected chi connectivity index (χ2v) is 6.85. The van der Waals surface area contributed by atoms with Crippen molar-refractivity contribution in [2.75, 3.05) is 64.5 Å². The van der Waals surface area contributed by atoms with Gasteiger partial charge in [0.15, 0.2) is 5.96 Å². The Kier molecular flexibility index (Phi) is 11.6. The second kappa shape index (κ2) is 13.0. The van der Waals surface area contributed by atoms with Gasteiger partial charge in [-0.2, -0.15) is 11.8 Å². The fraction of sp³-hybridized carbons (Fsp3) is 0.938. The predicted molar refractivity (Wildman–Crippen MR) is 98.0 cm³/mol. The summed E-state index contributed by atoms with van der Waals surface area (Å²) in [4.78, 5) is 7.21. The molecule has 1 aliphatic heterocycles. The molecule has 0 aromatic heterocycles. The molecular weight excluding hydrogens is 296 g/mol. The van der Waals surface area contributed by atoms with Crippen molar-refractivity contribution in [3.8, 4) is 0 Å². The first-order valence-corrected chi connectivity index (χ1v) is 9.96. The first-order valence-electron chi connectivity index (χ1n) is 8.57. The normalized spacial score (nSPS) is 18.2. The van der Waals surface area contributed by atoms with E-state index in [9.17, 15) is 0 Å². The fourth-order valence-electron chi connectivity index (χ4n) is 2.45. The molecule has 0 bridgehead atoms. The number of rotatable bonds is 10. The van der Waals surface area contributed by atoms with E-state index in [1.54, 1.807) is 0 Å². The molecule has 1 fully saturated rings. The summed E-state index contributed by atoms with van der Waals surface area (Å²) in [6, 6.07) is 0. The Labute approximate surface area is 140 Å². The lowest BCUT2D eigenvalue weighted by Gasteiger charge is -2.28. The Balaban J connectivity index is 2.23. The maximum Gasteiger partial charge on any atom is 0.191 e. The Morgan fingerprint density at radius 2 is 2.05 bits per heavy atom. The molecule has 1 saturated heterocycles. The van der Waals surface area contributed by atoms with Gasteiger partial charge in [-0.3, -0.25) is 9.89 Å². The van der Waals surface area contributed by atoms with Crippen LogP contribution in [0.3, 0.4) is 0 Å². The molecule has 2 N–H and O–H groups in total. The average Bonchev–Trinajstić information content (AvgIpc) is 2.53. The number of nitrogens with one attached hydrogen (secondary N) is 2. The molecule has 0 aliphatic carbocycles. The fourth-order valence-corrected chi connectivity index (χ4v) is 2.94. The van der Waals surface area contributed by atoms with E-state index in [4.69, 9.17) is 9.73 Å². The molecule has 0 aromatic carbocycles. The van der Waals surface area contributed by atoms with E-state index >= 15 is 0 Å². The van der Waals surface area contributed by atoms with E-state index in [0.29, 0.717) is 5.92 Å². The average molecular weight is 331 g/mol. The van der Waals surface area contributed by atoms with Crippen molar-refractivity contribution in [3.05, 3.63) is 0 Å². The van der Waals surface area contributed by atoms with E-state index in [2.05, 4.69) is 35.6 Å². The summed E-state index contributed by atoms with van der Waals surface area (Å²) < 4.78 is 5.39. The number of hydrogen-bond donors (Lipinski definition) is 2. The maximum atomic E-state index is 5.39. The van der Waals surface area contributed by atoms with Gasteiger partial charge in [0, 0.05) is 39.3 Å². The summed E-state index contributed by atoms with van der Waals surface area (Å²) in [7, 11) is 0. The molecule has 0 spiro atoms. The topological polar surface area (TPSA) is 48.9 Å². The van der Waals surface area contributed by atoms with Crippen LogP contribution in [0.15, 0.2) is 4.99 Å². The number of aliphatic imine (C=N–C) groups is 1. The van der Waals surface area contributed by atoms with E-state index in [-0.39, 0.29) is 0 Å². The largest absolute Gasteiger partial charge is 0.379 e. The molecular formula is C16H34N4OS. The quantitative estimate of drug-likeness (QED) is 0.362. The summed E-state index contributed by atoms with van der Waals surface area (Å²) in [5.41, 5.74) is 0. The van der Waals surface area contributed by atoms with E-state index in [1.807, 2.05) is 11.8 Å². The number of unbranched alkanes of at least 4 members (excludes halogenated alkanes) is 1. The summed E-state index contributed by atoms with van der Waals surface area (Å²) in [5.74, 6) is 2.77. The highest BCUT2D eigenvalue weighted by Gasteiger charge is 2.13. The van der Waals surface area contributed by atoms with Gasteiger partial charge >= 0.3 is 0 Å². The van der Waals surface area contributed by atoms with Gasteiger partial charge in [-0.05, 0) is 37.7 Å². The molecule has 0 amide bonds. The van der Waals surface area contributed by atoms with Crippen LogP contribution in [0.2, 0.25) is 0 Å². The van der Waals surface area contributed by atoms with Gasteiger partial charge in [-0.25, -0.2) is 0 Å². The third-order valence-electron chi connectivity index (χ3n) is 3.65. The van der Waals surface area contributed by atoms with Crippen molar-refractivity contribution >= 4 is 17.7 Å². The zero-order valence-corrected chi connectivity index (χ0v) is 15.4. The first kappa shape index (κ1) is 19.6. The van der Waals surface area contributed by atoms with Gasteiger partial charge < -0.3 is 15.4 Å². The van der Waals surface area contributed by atoms with Crippen LogP contribution in [0.5, 0.6) is 0 Å². The minimum Gasteiger partial charge on any atom is -0.379 e. The zero-order chi connectivity index (χ0) is 16.0. The van der Waals surface area contributed by atoms with Crippen LogP contribution < -0.4 is 10.6 Å². The van der Waals surface area contributed by atoms with Gasteiger partial charge in [0.1, 0.15) is 0 Å². The molecule has 5 nitrogen and oxygen atoms in total. The third kappa shape index (κ3) is 9.54. The number of nitrogens with zero attached hydrogens (tertiary/aromatic N) is 2. The number of morpholine rings is 1. The van der Waals surface area contributed by atoms with Crippen molar-refractivity contribution in [3.63, 3.8) is 0 Å². The molecule has 1 heterocycles. The molecule has 6 heteroatoms. The highest BCUT2D eigenvalue weighted by Crippen LogP contribution is 2.04. The van der Waals surface area contributed by atoms with E-state index in [1.165, 1.54) is 18.6 Å². The summed E-state index contributed by atoms with van der Waals surface area (Å²) in [6.45, 7) is 12.1. The summed E-state index contributed by atoms with van der Waals surface area (Å²) in [5, 5.41) is 6.77. The standard InChI is InChI=1S/C16H34N4OS/c1-4-17-16(18-7-5-6-12-22-3)19-13-15(2)14-20-8-10-21-11-9-20/h15H,4-14H2,1-3H3,(H2,17,18,19). The van der Waals surface area contributed by atoms with Gasteiger partial charge in [0.05, 0.1) is 13.2 Å². The van der Waals surface area contributed by atoms with E-state index < -0.39 is 0 Å². The SMILES string of the molecule is CCNC(=NCC(C)CN1CCOCC1)NCCCCSC. The van der Waals surface area contributed by atoms with Crippen LogP contribution in [0.1, 0.15) is 26.7 Å². The lowest BCUT2D eigenvalue weighted by Crippen LogP contribution is -2.40. The Hall–Kier alpha value is -0.460.